The van der Waals surface area contributed by atoms with Gasteiger partial charge in [-0.2, -0.15) is 5.10 Å². The summed E-state index contributed by atoms with van der Waals surface area (Å²) >= 11 is 3.42. The van der Waals surface area contributed by atoms with Gasteiger partial charge in [0, 0.05) is 15.6 Å². The van der Waals surface area contributed by atoms with Crippen LogP contribution in [0.5, 0.6) is 0 Å². The molecule has 0 aliphatic heterocycles. The van der Waals surface area contributed by atoms with E-state index in [1.807, 2.05) is 30.3 Å². The van der Waals surface area contributed by atoms with Crippen LogP contribution in [0.2, 0.25) is 0 Å². The molecule has 0 saturated heterocycles. The summed E-state index contributed by atoms with van der Waals surface area (Å²) in [6, 6.07) is 23.2. The Bertz CT molecular complexity index is 1150. The zero-order chi connectivity index (χ0) is 21.6. The lowest BCUT2D eigenvalue weighted by atomic mass is 10.1. The van der Waals surface area contributed by atoms with Crippen molar-refractivity contribution < 1.29 is 13.2 Å². The van der Waals surface area contributed by atoms with Crippen molar-refractivity contribution in [3.8, 4) is 0 Å². The molecule has 0 unspecified atom stereocenters. The Kier molecular flexibility index (Phi) is 7.02. The number of carbonyl (C=O) groups is 1. The number of benzene rings is 3. The summed E-state index contributed by atoms with van der Waals surface area (Å²) in [6.45, 7) is 0.172. The number of hydrazone groups is 1. The van der Waals surface area contributed by atoms with E-state index in [9.17, 15) is 13.2 Å². The molecule has 0 aliphatic carbocycles. The number of nitrogens with one attached hydrogen (secondary N) is 1. The third-order valence-corrected chi connectivity index (χ3v) is 6.12. The summed E-state index contributed by atoms with van der Waals surface area (Å²) in [5.74, 6) is -0.354. The highest BCUT2D eigenvalue weighted by Gasteiger charge is 2.17. The van der Waals surface area contributed by atoms with E-state index in [4.69, 9.17) is 0 Å². The molecular weight excluding hydrogens is 466 g/mol. The van der Waals surface area contributed by atoms with E-state index in [1.54, 1.807) is 54.7 Å². The fourth-order valence-electron chi connectivity index (χ4n) is 2.73. The average molecular weight is 486 g/mol. The number of sulfonamides is 1. The molecule has 3 aromatic carbocycles. The molecule has 6 nitrogen and oxygen atoms in total. The van der Waals surface area contributed by atoms with Gasteiger partial charge in [0.25, 0.3) is 5.91 Å². The molecule has 1 amide bonds. The van der Waals surface area contributed by atoms with Crippen molar-refractivity contribution in [1.82, 2.24) is 5.43 Å². The molecule has 154 valence electrons. The fourth-order valence-corrected chi connectivity index (χ4v) is 4.00. The van der Waals surface area contributed by atoms with Crippen LogP contribution in [0, 0.1) is 0 Å². The monoisotopic (exact) mass is 485 g/mol. The maximum absolute atomic E-state index is 12.3. The van der Waals surface area contributed by atoms with Gasteiger partial charge in [-0.25, -0.2) is 13.8 Å². The van der Waals surface area contributed by atoms with Crippen LogP contribution in [0.15, 0.2) is 88.4 Å². The Morgan fingerprint density at radius 3 is 2.27 bits per heavy atom. The number of rotatable bonds is 7. The fraction of sp³-hybridized carbons (Fsp3) is 0.0909. The van der Waals surface area contributed by atoms with Crippen molar-refractivity contribution in [2.75, 3.05) is 10.6 Å². The second-order valence-corrected chi connectivity index (χ2v) is 9.28. The largest absolute Gasteiger partial charge is 0.271 e. The Balaban J connectivity index is 1.68. The maximum Gasteiger partial charge on any atom is 0.271 e. The second kappa shape index (κ2) is 9.69. The molecule has 3 aromatic rings. The predicted octanol–water partition coefficient (Wildman–Crippen LogP) is 4.18. The minimum absolute atomic E-state index is 0.172. The first-order chi connectivity index (χ1) is 14.3. The number of anilines is 1. The van der Waals surface area contributed by atoms with E-state index in [0.29, 0.717) is 11.3 Å². The SMILES string of the molecule is CS(=O)(=O)N(Cc1ccc(C(=O)N/N=C\c2ccccc2Br)cc1)c1ccccc1. The Morgan fingerprint density at radius 2 is 1.63 bits per heavy atom. The summed E-state index contributed by atoms with van der Waals surface area (Å²) in [4.78, 5) is 12.3. The standard InChI is InChI=1S/C22H20BrN3O3S/c1-30(28,29)26(20-8-3-2-4-9-20)16-17-11-13-18(14-12-17)22(27)25-24-15-19-7-5-6-10-21(19)23/h2-15H,16H2,1H3,(H,25,27)/b24-15-. The van der Waals surface area contributed by atoms with Gasteiger partial charge in [0.05, 0.1) is 24.7 Å². The first-order valence-electron chi connectivity index (χ1n) is 9.04. The van der Waals surface area contributed by atoms with Crippen LogP contribution in [0.1, 0.15) is 21.5 Å². The Morgan fingerprint density at radius 1 is 1.00 bits per heavy atom. The normalized spacial score (nSPS) is 11.4. The quantitative estimate of drug-likeness (QED) is 0.402. The van der Waals surface area contributed by atoms with Crippen LogP contribution in [-0.2, 0) is 16.6 Å². The predicted molar refractivity (Wildman–Crippen MR) is 123 cm³/mol. The number of carbonyl (C=O) groups excluding carboxylic acids is 1. The van der Waals surface area contributed by atoms with Gasteiger partial charge in [-0.1, -0.05) is 64.5 Å². The number of para-hydroxylation sites is 1. The van der Waals surface area contributed by atoms with Crippen molar-refractivity contribution in [2.45, 2.75) is 6.54 Å². The number of halogens is 1. The van der Waals surface area contributed by atoms with Gasteiger partial charge in [-0.05, 0) is 35.9 Å². The van der Waals surface area contributed by atoms with E-state index in [2.05, 4.69) is 26.5 Å². The van der Waals surface area contributed by atoms with Gasteiger partial charge in [0.1, 0.15) is 0 Å². The molecule has 0 atom stereocenters. The van der Waals surface area contributed by atoms with E-state index in [-0.39, 0.29) is 12.5 Å². The highest BCUT2D eigenvalue weighted by molar-refractivity contribution is 9.10. The molecule has 30 heavy (non-hydrogen) atoms. The highest BCUT2D eigenvalue weighted by atomic mass is 79.9. The molecule has 0 spiro atoms. The third-order valence-electron chi connectivity index (χ3n) is 4.26. The lowest BCUT2D eigenvalue weighted by Crippen LogP contribution is -2.29. The smallest absolute Gasteiger partial charge is 0.267 e. The number of hydrogen-bond donors (Lipinski definition) is 1. The molecule has 0 fully saturated rings. The van der Waals surface area contributed by atoms with Gasteiger partial charge in [-0.3, -0.25) is 9.10 Å². The van der Waals surface area contributed by atoms with Gasteiger partial charge in [-0.15, -0.1) is 0 Å². The molecule has 3 rings (SSSR count). The van der Waals surface area contributed by atoms with Crippen molar-refractivity contribution in [3.05, 3.63) is 100 Å². The summed E-state index contributed by atoms with van der Waals surface area (Å²) in [6.07, 6.45) is 2.73. The molecule has 0 radical (unpaired) electrons. The second-order valence-electron chi connectivity index (χ2n) is 6.52. The van der Waals surface area contributed by atoms with Crippen LogP contribution >= 0.6 is 15.9 Å². The summed E-state index contributed by atoms with van der Waals surface area (Å²) in [5, 5.41) is 3.98. The van der Waals surface area contributed by atoms with Gasteiger partial charge in [0.15, 0.2) is 0 Å². The van der Waals surface area contributed by atoms with Crippen LogP contribution in [0.3, 0.4) is 0 Å². The van der Waals surface area contributed by atoms with Gasteiger partial charge < -0.3 is 0 Å². The zero-order valence-corrected chi connectivity index (χ0v) is 18.6. The summed E-state index contributed by atoms with van der Waals surface area (Å²) in [5.41, 5.74) is 5.10. The molecule has 0 saturated carbocycles. The first-order valence-corrected chi connectivity index (χ1v) is 11.7. The molecule has 0 aromatic heterocycles. The summed E-state index contributed by atoms with van der Waals surface area (Å²) < 4.78 is 26.6. The number of nitrogens with zero attached hydrogens (tertiary/aromatic N) is 2. The van der Waals surface area contributed by atoms with E-state index < -0.39 is 10.0 Å². The minimum Gasteiger partial charge on any atom is -0.267 e. The van der Waals surface area contributed by atoms with E-state index in [1.165, 1.54) is 10.6 Å². The molecule has 0 bridgehead atoms. The molecule has 8 heteroatoms. The number of hydrogen-bond acceptors (Lipinski definition) is 4. The van der Waals surface area contributed by atoms with Gasteiger partial charge >= 0.3 is 0 Å². The lowest BCUT2D eigenvalue weighted by molar-refractivity contribution is 0.0955. The van der Waals surface area contributed by atoms with Crippen LogP contribution < -0.4 is 9.73 Å². The van der Waals surface area contributed by atoms with Crippen molar-refractivity contribution in [1.29, 1.82) is 0 Å². The minimum atomic E-state index is -3.45. The van der Waals surface area contributed by atoms with Crippen molar-refractivity contribution >= 4 is 43.8 Å². The molecule has 0 aliphatic rings. The van der Waals surface area contributed by atoms with Crippen LogP contribution in [0.25, 0.3) is 0 Å². The Hall–Kier alpha value is -2.97. The Labute approximate surface area is 184 Å². The number of amides is 1. The first kappa shape index (κ1) is 21.7. The van der Waals surface area contributed by atoms with Crippen molar-refractivity contribution in [3.63, 3.8) is 0 Å². The topological polar surface area (TPSA) is 78.8 Å². The van der Waals surface area contributed by atoms with Gasteiger partial charge in [0.2, 0.25) is 10.0 Å². The molecular formula is C22H20BrN3O3S. The zero-order valence-electron chi connectivity index (χ0n) is 16.2. The van der Waals surface area contributed by atoms with Crippen molar-refractivity contribution in [2.24, 2.45) is 5.10 Å². The lowest BCUT2D eigenvalue weighted by Gasteiger charge is -2.22. The van der Waals surface area contributed by atoms with E-state index in [0.717, 1.165) is 15.6 Å². The highest BCUT2D eigenvalue weighted by Crippen LogP contribution is 2.20. The average Bonchev–Trinajstić information content (AvgIpc) is 2.73. The molecule has 1 N–H and O–H groups in total. The van der Waals surface area contributed by atoms with E-state index >= 15 is 0 Å². The molecule has 0 heterocycles. The van der Waals surface area contributed by atoms with Crippen LogP contribution in [-0.4, -0.2) is 26.8 Å². The maximum atomic E-state index is 12.3. The van der Waals surface area contributed by atoms with Crippen LogP contribution in [0.4, 0.5) is 5.69 Å². The summed E-state index contributed by atoms with van der Waals surface area (Å²) in [7, 11) is -3.45. The third kappa shape index (κ3) is 5.77.